The van der Waals surface area contributed by atoms with E-state index in [1.807, 2.05) is 30.1 Å². The van der Waals surface area contributed by atoms with Crippen LogP contribution in [0.15, 0.2) is 22.7 Å². The fourth-order valence-electron chi connectivity index (χ4n) is 2.49. The van der Waals surface area contributed by atoms with Crippen LogP contribution in [0.1, 0.15) is 36.0 Å². The molecule has 1 aliphatic rings. The van der Waals surface area contributed by atoms with Crippen molar-refractivity contribution in [2.24, 2.45) is 0 Å². The number of amides is 1. The van der Waals surface area contributed by atoms with Gasteiger partial charge in [-0.25, -0.2) is 0 Å². The molecule has 0 radical (unpaired) electrons. The van der Waals surface area contributed by atoms with Gasteiger partial charge in [0, 0.05) is 17.6 Å². The molecule has 1 amide bonds. The lowest BCUT2D eigenvalue weighted by molar-refractivity contribution is 0.0732. The van der Waals surface area contributed by atoms with E-state index in [9.17, 15) is 4.79 Å². The van der Waals surface area contributed by atoms with Crippen molar-refractivity contribution in [3.8, 4) is 5.75 Å². The first-order chi connectivity index (χ1) is 8.63. The highest BCUT2D eigenvalue weighted by Gasteiger charge is 2.25. The maximum atomic E-state index is 12.5. The molecule has 18 heavy (non-hydrogen) atoms. The van der Waals surface area contributed by atoms with Gasteiger partial charge in [0.2, 0.25) is 0 Å². The largest absolute Gasteiger partial charge is 0.496 e. The van der Waals surface area contributed by atoms with Crippen molar-refractivity contribution in [1.29, 1.82) is 0 Å². The summed E-state index contributed by atoms with van der Waals surface area (Å²) in [6, 6.07) is 5.90. The summed E-state index contributed by atoms with van der Waals surface area (Å²) < 4.78 is 6.20. The molecule has 1 aromatic carbocycles. The van der Waals surface area contributed by atoms with E-state index >= 15 is 0 Å². The average molecular weight is 312 g/mol. The number of carbonyl (C=O) groups excluding carboxylic acids is 1. The van der Waals surface area contributed by atoms with Crippen molar-refractivity contribution >= 4 is 21.8 Å². The molecule has 2 rings (SSSR count). The summed E-state index contributed by atoms with van der Waals surface area (Å²) in [7, 11) is 3.48. The van der Waals surface area contributed by atoms with E-state index in [-0.39, 0.29) is 5.91 Å². The lowest BCUT2D eigenvalue weighted by Gasteiger charge is -2.25. The molecule has 1 fully saturated rings. The number of nitrogens with zero attached hydrogens (tertiary/aromatic N) is 1. The van der Waals surface area contributed by atoms with E-state index in [1.54, 1.807) is 7.11 Å². The van der Waals surface area contributed by atoms with Crippen molar-refractivity contribution in [3.05, 3.63) is 28.2 Å². The Morgan fingerprint density at radius 1 is 1.39 bits per heavy atom. The third-order valence-electron chi connectivity index (χ3n) is 3.59. The van der Waals surface area contributed by atoms with Crippen LogP contribution in [-0.4, -0.2) is 31.0 Å². The average Bonchev–Trinajstić information content (AvgIpc) is 2.90. The maximum absolute atomic E-state index is 12.5. The van der Waals surface area contributed by atoms with Crippen LogP contribution in [0.5, 0.6) is 5.75 Å². The van der Waals surface area contributed by atoms with Gasteiger partial charge in [-0.05, 0) is 31.0 Å². The number of hydrogen-bond acceptors (Lipinski definition) is 2. The Morgan fingerprint density at radius 3 is 2.67 bits per heavy atom. The summed E-state index contributed by atoms with van der Waals surface area (Å²) in [5.74, 6) is 0.672. The maximum Gasteiger partial charge on any atom is 0.257 e. The van der Waals surface area contributed by atoms with Gasteiger partial charge in [0.25, 0.3) is 5.91 Å². The number of rotatable bonds is 3. The zero-order chi connectivity index (χ0) is 13.1. The van der Waals surface area contributed by atoms with E-state index in [4.69, 9.17) is 4.74 Å². The Labute approximate surface area is 116 Å². The van der Waals surface area contributed by atoms with Gasteiger partial charge in [0.15, 0.2) is 0 Å². The molecule has 1 aromatic rings. The van der Waals surface area contributed by atoms with Gasteiger partial charge >= 0.3 is 0 Å². The normalized spacial score (nSPS) is 15.7. The molecule has 0 aliphatic heterocycles. The fourth-order valence-corrected chi connectivity index (χ4v) is 2.83. The topological polar surface area (TPSA) is 29.5 Å². The molecular formula is C14H18BrNO2. The Morgan fingerprint density at radius 2 is 2.06 bits per heavy atom. The molecule has 1 aliphatic carbocycles. The molecule has 0 heterocycles. The van der Waals surface area contributed by atoms with E-state index in [2.05, 4.69) is 15.9 Å². The molecule has 0 saturated heterocycles. The van der Waals surface area contributed by atoms with E-state index in [0.29, 0.717) is 17.4 Å². The summed E-state index contributed by atoms with van der Waals surface area (Å²) in [6.45, 7) is 0. The minimum Gasteiger partial charge on any atom is -0.496 e. The van der Waals surface area contributed by atoms with E-state index in [1.165, 1.54) is 12.8 Å². The Balaban J connectivity index is 2.22. The van der Waals surface area contributed by atoms with Gasteiger partial charge in [0.1, 0.15) is 5.75 Å². The Bertz CT molecular complexity index is 441. The van der Waals surface area contributed by atoms with Crippen molar-refractivity contribution < 1.29 is 9.53 Å². The van der Waals surface area contributed by atoms with Gasteiger partial charge in [-0.2, -0.15) is 0 Å². The number of hydrogen-bond donors (Lipinski definition) is 0. The van der Waals surface area contributed by atoms with Crippen molar-refractivity contribution in [1.82, 2.24) is 4.90 Å². The van der Waals surface area contributed by atoms with Crippen LogP contribution in [0.4, 0.5) is 0 Å². The predicted octanol–water partition coefficient (Wildman–Crippen LogP) is 3.47. The highest BCUT2D eigenvalue weighted by atomic mass is 79.9. The quantitative estimate of drug-likeness (QED) is 0.855. The highest BCUT2D eigenvalue weighted by molar-refractivity contribution is 9.10. The molecule has 0 aromatic heterocycles. The number of benzene rings is 1. The second-order valence-electron chi connectivity index (χ2n) is 4.70. The molecular weight excluding hydrogens is 294 g/mol. The first kappa shape index (κ1) is 13.4. The number of carbonyl (C=O) groups is 1. The zero-order valence-corrected chi connectivity index (χ0v) is 12.4. The molecule has 98 valence electrons. The summed E-state index contributed by atoms with van der Waals surface area (Å²) in [6.07, 6.45) is 4.67. The summed E-state index contributed by atoms with van der Waals surface area (Å²) in [5, 5.41) is 0. The summed E-state index contributed by atoms with van der Waals surface area (Å²) in [4.78, 5) is 14.3. The van der Waals surface area contributed by atoms with Gasteiger partial charge in [-0.3, -0.25) is 4.79 Å². The zero-order valence-electron chi connectivity index (χ0n) is 10.8. The van der Waals surface area contributed by atoms with Gasteiger partial charge in [-0.1, -0.05) is 28.8 Å². The molecule has 3 nitrogen and oxygen atoms in total. The monoisotopic (exact) mass is 311 g/mol. The standard InChI is InChI=1S/C14H18BrNO2/c1-16(11-5-3-4-6-11)14(17)12-8-7-10(15)9-13(12)18-2/h7-9,11H,3-6H2,1-2H3. The predicted molar refractivity (Wildman–Crippen MR) is 75.0 cm³/mol. The van der Waals surface area contributed by atoms with Crippen LogP contribution >= 0.6 is 15.9 Å². The van der Waals surface area contributed by atoms with Gasteiger partial charge < -0.3 is 9.64 Å². The van der Waals surface area contributed by atoms with E-state index < -0.39 is 0 Å². The van der Waals surface area contributed by atoms with Crippen molar-refractivity contribution in [2.45, 2.75) is 31.7 Å². The summed E-state index contributed by atoms with van der Waals surface area (Å²) >= 11 is 3.38. The number of halogens is 1. The van der Waals surface area contributed by atoms with Crippen molar-refractivity contribution in [2.75, 3.05) is 14.2 Å². The fraction of sp³-hybridized carbons (Fsp3) is 0.500. The highest BCUT2D eigenvalue weighted by Crippen LogP contribution is 2.28. The van der Waals surface area contributed by atoms with Crippen molar-refractivity contribution in [3.63, 3.8) is 0 Å². The van der Waals surface area contributed by atoms with E-state index in [0.717, 1.165) is 17.3 Å². The van der Waals surface area contributed by atoms with Crippen LogP contribution in [0.3, 0.4) is 0 Å². The molecule has 0 unspecified atom stereocenters. The third kappa shape index (κ3) is 2.69. The van der Waals surface area contributed by atoms with Crippen LogP contribution < -0.4 is 4.74 Å². The first-order valence-corrected chi connectivity index (χ1v) is 7.03. The summed E-state index contributed by atoms with van der Waals surface area (Å²) in [5.41, 5.74) is 0.634. The number of methoxy groups -OCH3 is 1. The van der Waals surface area contributed by atoms with Crippen LogP contribution in [0.25, 0.3) is 0 Å². The molecule has 0 N–H and O–H groups in total. The lowest BCUT2D eigenvalue weighted by atomic mass is 10.1. The Hall–Kier alpha value is -1.03. The first-order valence-electron chi connectivity index (χ1n) is 6.24. The smallest absolute Gasteiger partial charge is 0.257 e. The van der Waals surface area contributed by atoms with Crippen LogP contribution in [0, 0.1) is 0 Å². The number of ether oxygens (including phenoxy) is 1. The second kappa shape index (κ2) is 5.74. The third-order valence-corrected chi connectivity index (χ3v) is 4.08. The molecule has 1 saturated carbocycles. The SMILES string of the molecule is COc1cc(Br)ccc1C(=O)N(C)C1CCCC1. The molecule has 0 spiro atoms. The minimum absolute atomic E-state index is 0.0475. The van der Waals surface area contributed by atoms with Gasteiger partial charge in [0.05, 0.1) is 12.7 Å². The lowest BCUT2D eigenvalue weighted by Crippen LogP contribution is -2.35. The molecule has 0 bridgehead atoms. The second-order valence-corrected chi connectivity index (χ2v) is 5.61. The Kier molecular flexibility index (Phi) is 4.27. The molecule has 4 heteroatoms. The minimum atomic E-state index is 0.0475. The van der Waals surface area contributed by atoms with Crippen LogP contribution in [0.2, 0.25) is 0 Å². The van der Waals surface area contributed by atoms with Gasteiger partial charge in [-0.15, -0.1) is 0 Å². The molecule has 0 atom stereocenters. The van der Waals surface area contributed by atoms with Crippen LogP contribution in [-0.2, 0) is 0 Å².